The Hall–Kier alpha value is -2.06. The molecule has 3 rings (SSSR count). The topological polar surface area (TPSA) is 29.3 Å². The Morgan fingerprint density at radius 3 is 2.42 bits per heavy atom. The van der Waals surface area contributed by atoms with Gasteiger partial charge in [0.1, 0.15) is 0 Å². The number of benzene rings is 2. The van der Waals surface area contributed by atoms with E-state index in [4.69, 9.17) is 5.73 Å². The van der Waals surface area contributed by atoms with Crippen LogP contribution in [0, 0.1) is 0 Å². The molecule has 2 aromatic rings. The summed E-state index contributed by atoms with van der Waals surface area (Å²) in [5, 5.41) is 0. The normalized spacial score (nSPS) is 13.4. The van der Waals surface area contributed by atoms with E-state index in [0.29, 0.717) is 6.54 Å². The first-order chi connectivity index (χ1) is 9.31. The lowest BCUT2D eigenvalue weighted by molar-refractivity contribution is 1.02. The van der Waals surface area contributed by atoms with Crippen molar-refractivity contribution in [1.29, 1.82) is 0 Å². The standard InChI is InChI=1S/C17H18N2/c1-19-16-8-4-2-6-14(16)12-13(10-11-18)15-7-3-5-9-17(15)19/h2-9,12H,10-11,18H2,1H3. The molecule has 1 aliphatic heterocycles. The molecule has 2 N–H and O–H groups in total. The van der Waals surface area contributed by atoms with Crippen LogP contribution in [0.1, 0.15) is 17.5 Å². The summed E-state index contributed by atoms with van der Waals surface area (Å²) in [5.41, 5.74) is 12.1. The van der Waals surface area contributed by atoms with Crippen molar-refractivity contribution in [3.05, 3.63) is 59.7 Å². The van der Waals surface area contributed by atoms with E-state index in [-0.39, 0.29) is 0 Å². The second-order valence-corrected chi connectivity index (χ2v) is 4.84. The highest BCUT2D eigenvalue weighted by Gasteiger charge is 2.17. The van der Waals surface area contributed by atoms with Gasteiger partial charge in [0.15, 0.2) is 0 Å². The number of para-hydroxylation sites is 2. The SMILES string of the molecule is CN1c2ccccc2C=C(CCN)c2ccccc21. The van der Waals surface area contributed by atoms with Crippen molar-refractivity contribution in [2.45, 2.75) is 6.42 Å². The van der Waals surface area contributed by atoms with E-state index in [1.807, 2.05) is 0 Å². The average Bonchev–Trinajstić information content (AvgIpc) is 2.57. The predicted molar refractivity (Wildman–Crippen MR) is 82.5 cm³/mol. The highest BCUT2D eigenvalue weighted by Crippen LogP contribution is 2.39. The lowest BCUT2D eigenvalue weighted by atomic mass is 9.99. The van der Waals surface area contributed by atoms with E-state index in [1.165, 1.54) is 28.1 Å². The van der Waals surface area contributed by atoms with Gasteiger partial charge in [0, 0.05) is 24.0 Å². The van der Waals surface area contributed by atoms with Crippen LogP contribution in [0.4, 0.5) is 11.4 Å². The molecule has 0 bridgehead atoms. The first kappa shape index (κ1) is 12.0. The number of fused-ring (bicyclic) bond motifs is 2. The van der Waals surface area contributed by atoms with Crippen molar-refractivity contribution < 1.29 is 0 Å². The molecule has 0 aliphatic carbocycles. The van der Waals surface area contributed by atoms with Crippen molar-refractivity contribution in [2.75, 3.05) is 18.5 Å². The molecule has 0 unspecified atom stereocenters. The Labute approximate surface area is 114 Å². The minimum absolute atomic E-state index is 0.673. The summed E-state index contributed by atoms with van der Waals surface area (Å²) in [5.74, 6) is 0. The van der Waals surface area contributed by atoms with E-state index < -0.39 is 0 Å². The van der Waals surface area contributed by atoms with Crippen LogP contribution in [0.5, 0.6) is 0 Å². The third kappa shape index (κ3) is 2.04. The Morgan fingerprint density at radius 2 is 1.63 bits per heavy atom. The first-order valence-electron chi connectivity index (χ1n) is 6.64. The molecule has 2 heteroatoms. The Balaban J connectivity index is 2.25. The zero-order valence-electron chi connectivity index (χ0n) is 11.1. The predicted octanol–water partition coefficient (Wildman–Crippen LogP) is 3.66. The molecular weight excluding hydrogens is 232 g/mol. The highest BCUT2D eigenvalue weighted by molar-refractivity contribution is 5.94. The number of rotatable bonds is 2. The van der Waals surface area contributed by atoms with Gasteiger partial charge >= 0.3 is 0 Å². The molecule has 0 spiro atoms. The van der Waals surface area contributed by atoms with Crippen molar-refractivity contribution in [3.8, 4) is 0 Å². The second-order valence-electron chi connectivity index (χ2n) is 4.84. The molecule has 0 aromatic heterocycles. The van der Waals surface area contributed by atoms with E-state index >= 15 is 0 Å². The lowest BCUT2D eigenvalue weighted by Gasteiger charge is -2.22. The van der Waals surface area contributed by atoms with Crippen LogP contribution in [-0.2, 0) is 0 Å². The van der Waals surface area contributed by atoms with Crippen molar-refractivity contribution >= 4 is 23.0 Å². The maximum Gasteiger partial charge on any atom is 0.0484 e. The molecule has 0 saturated heterocycles. The molecular formula is C17H18N2. The zero-order valence-corrected chi connectivity index (χ0v) is 11.1. The van der Waals surface area contributed by atoms with Gasteiger partial charge in [-0.2, -0.15) is 0 Å². The van der Waals surface area contributed by atoms with Crippen LogP contribution < -0.4 is 10.6 Å². The molecule has 1 heterocycles. The van der Waals surface area contributed by atoms with Crippen LogP contribution in [0.15, 0.2) is 48.5 Å². The zero-order chi connectivity index (χ0) is 13.2. The quantitative estimate of drug-likeness (QED) is 0.881. The number of nitrogens with zero attached hydrogens (tertiary/aromatic N) is 1. The van der Waals surface area contributed by atoms with Crippen molar-refractivity contribution in [2.24, 2.45) is 5.73 Å². The van der Waals surface area contributed by atoms with Gasteiger partial charge < -0.3 is 10.6 Å². The third-order valence-electron chi connectivity index (χ3n) is 3.65. The summed E-state index contributed by atoms with van der Waals surface area (Å²) < 4.78 is 0. The third-order valence-corrected chi connectivity index (χ3v) is 3.65. The molecule has 0 saturated carbocycles. The first-order valence-corrected chi connectivity index (χ1v) is 6.64. The number of anilines is 2. The van der Waals surface area contributed by atoms with Crippen LogP contribution in [0.2, 0.25) is 0 Å². The largest absolute Gasteiger partial charge is 0.344 e. The minimum Gasteiger partial charge on any atom is -0.344 e. The second kappa shape index (κ2) is 4.90. The summed E-state index contributed by atoms with van der Waals surface area (Å²) in [6.45, 7) is 0.673. The molecule has 96 valence electrons. The summed E-state index contributed by atoms with van der Waals surface area (Å²) in [7, 11) is 2.12. The summed E-state index contributed by atoms with van der Waals surface area (Å²) in [6.07, 6.45) is 3.17. The van der Waals surface area contributed by atoms with Gasteiger partial charge in [-0.25, -0.2) is 0 Å². The van der Waals surface area contributed by atoms with Gasteiger partial charge in [-0.05, 0) is 42.3 Å². The van der Waals surface area contributed by atoms with E-state index in [1.54, 1.807) is 0 Å². The Morgan fingerprint density at radius 1 is 0.947 bits per heavy atom. The number of nitrogens with two attached hydrogens (primary N) is 1. The number of hydrogen-bond donors (Lipinski definition) is 1. The number of hydrogen-bond acceptors (Lipinski definition) is 2. The van der Waals surface area contributed by atoms with Gasteiger partial charge in [-0.1, -0.05) is 36.4 Å². The Kier molecular flexibility index (Phi) is 3.10. The van der Waals surface area contributed by atoms with Gasteiger partial charge in [0.25, 0.3) is 0 Å². The fourth-order valence-electron chi connectivity index (χ4n) is 2.71. The van der Waals surface area contributed by atoms with E-state index in [0.717, 1.165) is 6.42 Å². The van der Waals surface area contributed by atoms with Crippen LogP contribution in [0.25, 0.3) is 11.6 Å². The monoisotopic (exact) mass is 250 g/mol. The minimum atomic E-state index is 0.673. The smallest absolute Gasteiger partial charge is 0.0484 e. The van der Waals surface area contributed by atoms with Crippen molar-refractivity contribution in [1.82, 2.24) is 0 Å². The van der Waals surface area contributed by atoms with Gasteiger partial charge in [-0.3, -0.25) is 0 Å². The molecule has 0 amide bonds. The van der Waals surface area contributed by atoms with Gasteiger partial charge in [-0.15, -0.1) is 0 Å². The van der Waals surface area contributed by atoms with Gasteiger partial charge in [0.2, 0.25) is 0 Å². The maximum absolute atomic E-state index is 5.77. The molecule has 0 fully saturated rings. The van der Waals surface area contributed by atoms with E-state index in [9.17, 15) is 0 Å². The van der Waals surface area contributed by atoms with Crippen LogP contribution >= 0.6 is 0 Å². The lowest BCUT2D eigenvalue weighted by Crippen LogP contribution is -2.11. The van der Waals surface area contributed by atoms with Crippen molar-refractivity contribution in [3.63, 3.8) is 0 Å². The molecule has 1 aliphatic rings. The Bertz CT molecular complexity index is 629. The fraction of sp³-hybridized carbons (Fsp3) is 0.176. The van der Waals surface area contributed by atoms with Gasteiger partial charge in [0.05, 0.1) is 0 Å². The highest BCUT2D eigenvalue weighted by atomic mass is 15.1. The molecule has 19 heavy (non-hydrogen) atoms. The summed E-state index contributed by atoms with van der Waals surface area (Å²) >= 11 is 0. The van der Waals surface area contributed by atoms with E-state index in [2.05, 4.69) is 66.6 Å². The van der Waals surface area contributed by atoms with Crippen LogP contribution in [0.3, 0.4) is 0 Å². The molecule has 2 nitrogen and oxygen atoms in total. The fourth-order valence-corrected chi connectivity index (χ4v) is 2.71. The summed E-state index contributed by atoms with van der Waals surface area (Å²) in [6, 6.07) is 17.0. The summed E-state index contributed by atoms with van der Waals surface area (Å²) in [4.78, 5) is 2.25. The maximum atomic E-state index is 5.77. The molecule has 0 atom stereocenters. The molecule has 0 radical (unpaired) electrons. The van der Waals surface area contributed by atoms with Crippen LogP contribution in [-0.4, -0.2) is 13.6 Å². The molecule has 2 aromatic carbocycles. The average molecular weight is 250 g/mol.